The van der Waals surface area contributed by atoms with Gasteiger partial charge >= 0.3 is 0 Å². The summed E-state index contributed by atoms with van der Waals surface area (Å²) in [6.07, 6.45) is 0. The van der Waals surface area contributed by atoms with Gasteiger partial charge in [0.1, 0.15) is 5.75 Å². The van der Waals surface area contributed by atoms with Crippen LogP contribution in [0, 0.1) is 24.0 Å². The molecule has 7 heteroatoms. The predicted molar refractivity (Wildman–Crippen MR) is 94.9 cm³/mol. The Morgan fingerprint density at radius 2 is 1.84 bits per heavy atom. The summed E-state index contributed by atoms with van der Waals surface area (Å²) >= 11 is 0. The minimum Gasteiger partial charge on any atom is -0.484 e. The molecule has 0 radical (unpaired) electrons. The maximum absolute atomic E-state index is 11.8. The van der Waals surface area contributed by atoms with E-state index in [1.54, 1.807) is 25.1 Å². The van der Waals surface area contributed by atoms with E-state index in [2.05, 4.69) is 10.5 Å². The SMILES string of the molecule is C/C(=N\NC(=O)COc1ccc(C)c(C)c1)c1ccc([N+](=O)[O-])cc1. The second-order valence-corrected chi connectivity index (χ2v) is 5.57. The monoisotopic (exact) mass is 341 g/mol. The van der Waals surface area contributed by atoms with Crippen molar-refractivity contribution in [3.63, 3.8) is 0 Å². The molecule has 7 nitrogen and oxygen atoms in total. The molecule has 0 aliphatic rings. The van der Waals surface area contributed by atoms with Gasteiger partial charge in [0.15, 0.2) is 6.61 Å². The largest absolute Gasteiger partial charge is 0.484 e. The number of hydrazone groups is 1. The summed E-state index contributed by atoms with van der Waals surface area (Å²) in [6, 6.07) is 11.5. The average molecular weight is 341 g/mol. The third-order valence-corrected chi connectivity index (χ3v) is 3.69. The second-order valence-electron chi connectivity index (χ2n) is 5.57. The number of rotatable bonds is 6. The van der Waals surface area contributed by atoms with Crippen molar-refractivity contribution in [1.82, 2.24) is 5.43 Å². The Morgan fingerprint density at radius 1 is 1.16 bits per heavy atom. The number of aryl methyl sites for hydroxylation is 2. The molecule has 0 saturated carbocycles. The van der Waals surface area contributed by atoms with Crippen LogP contribution in [0.2, 0.25) is 0 Å². The van der Waals surface area contributed by atoms with Crippen LogP contribution in [-0.2, 0) is 4.79 Å². The Hall–Kier alpha value is -3.22. The van der Waals surface area contributed by atoms with E-state index in [-0.39, 0.29) is 18.2 Å². The van der Waals surface area contributed by atoms with Gasteiger partial charge < -0.3 is 4.74 Å². The summed E-state index contributed by atoms with van der Waals surface area (Å²) < 4.78 is 5.43. The maximum Gasteiger partial charge on any atom is 0.277 e. The summed E-state index contributed by atoms with van der Waals surface area (Å²) in [6.45, 7) is 5.52. The minimum atomic E-state index is -0.470. The number of carbonyl (C=O) groups is 1. The van der Waals surface area contributed by atoms with Crippen LogP contribution >= 0.6 is 0 Å². The third kappa shape index (κ3) is 5.13. The lowest BCUT2D eigenvalue weighted by atomic mass is 10.1. The molecule has 0 aliphatic heterocycles. The molecule has 2 rings (SSSR count). The van der Waals surface area contributed by atoms with E-state index in [1.807, 2.05) is 26.0 Å². The van der Waals surface area contributed by atoms with Crippen molar-refractivity contribution in [2.75, 3.05) is 6.61 Å². The van der Waals surface area contributed by atoms with Crippen LogP contribution in [0.5, 0.6) is 5.75 Å². The van der Waals surface area contributed by atoms with E-state index in [0.29, 0.717) is 17.0 Å². The first-order valence-corrected chi connectivity index (χ1v) is 7.65. The van der Waals surface area contributed by atoms with Crippen LogP contribution in [0.25, 0.3) is 0 Å². The number of benzene rings is 2. The van der Waals surface area contributed by atoms with Gasteiger partial charge in [-0.2, -0.15) is 5.10 Å². The number of nitrogens with zero attached hydrogens (tertiary/aromatic N) is 2. The first-order chi connectivity index (χ1) is 11.9. The summed E-state index contributed by atoms with van der Waals surface area (Å²) in [5.41, 5.74) is 5.87. The van der Waals surface area contributed by atoms with E-state index in [0.717, 1.165) is 11.1 Å². The lowest BCUT2D eigenvalue weighted by Gasteiger charge is -2.08. The molecule has 0 atom stereocenters. The molecule has 1 amide bonds. The molecular weight excluding hydrogens is 322 g/mol. The fourth-order valence-corrected chi connectivity index (χ4v) is 2.02. The van der Waals surface area contributed by atoms with Gasteiger partial charge in [0.25, 0.3) is 11.6 Å². The molecule has 25 heavy (non-hydrogen) atoms. The Kier molecular flexibility index (Phi) is 5.84. The average Bonchev–Trinajstić information content (AvgIpc) is 2.60. The molecule has 130 valence electrons. The van der Waals surface area contributed by atoms with Crippen molar-refractivity contribution in [1.29, 1.82) is 0 Å². The van der Waals surface area contributed by atoms with E-state index in [9.17, 15) is 14.9 Å². The number of amides is 1. The molecule has 0 aliphatic carbocycles. The van der Waals surface area contributed by atoms with Crippen LogP contribution < -0.4 is 10.2 Å². The first kappa shape index (κ1) is 18.1. The van der Waals surface area contributed by atoms with E-state index < -0.39 is 4.92 Å². The number of hydrogen-bond acceptors (Lipinski definition) is 5. The van der Waals surface area contributed by atoms with Crippen molar-refractivity contribution in [3.8, 4) is 5.75 Å². The lowest BCUT2D eigenvalue weighted by molar-refractivity contribution is -0.384. The van der Waals surface area contributed by atoms with Crippen LogP contribution in [-0.4, -0.2) is 23.1 Å². The van der Waals surface area contributed by atoms with Crippen LogP contribution in [0.1, 0.15) is 23.6 Å². The van der Waals surface area contributed by atoms with Crippen LogP contribution in [0.3, 0.4) is 0 Å². The summed E-state index contributed by atoms with van der Waals surface area (Å²) in [4.78, 5) is 22.0. The zero-order valence-electron chi connectivity index (χ0n) is 14.3. The third-order valence-electron chi connectivity index (χ3n) is 3.69. The number of nitrogens with one attached hydrogen (secondary N) is 1. The zero-order valence-corrected chi connectivity index (χ0v) is 14.3. The van der Waals surface area contributed by atoms with Crippen LogP contribution in [0.4, 0.5) is 5.69 Å². The molecule has 2 aromatic carbocycles. The maximum atomic E-state index is 11.8. The first-order valence-electron chi connectivity index (χ1n) is 7.65. The van der Waals surface area contributed by atoms with Crippen molar-refractivity contribution in [2.24, 2.45) is 5.10 Å². The van der Waals surface area contributed by atoms with Crippen LogP contribution in [0.15, 0.2) is 47.6 Å². The molecule has 0 fully saturated rings. The summed E-state index contributed by atoms with van der Waals surface area (Å²) in [5, 5.41) is 14.6. The topological polar surface area (TPSA) is 93.8 Å². The molecule has 0 bridgehead atoms. The van der Waals surface area contributed by atoms with Crippen molar-refractivity contribution in [3.05, 3.63) is 69.3 Å². The van der Waals surface area contributed by atoms with E-state index in [1.165, 1.54) is 12.1 Å². The van der Waals surface area contributed by atoms with Gasteiger partial charge in [0, 0.05) is 12.1 Å². The molecule has 2 aromatic rings. The number of nitro benzene ring substituents is 1. The normalized spacial score (nSPS) is 11.1. The van der Waals surface area contributed by atoms with Gasteiger partial charge in [0.05, 0.1) is 10.6 Å². The molecule has 1 N–H and O–H groups in total. The number of non-ortho nitro benzene ring substituents is 1. The lowest BCUT2D eigenvalue weighted by Crippen LogP contribution is -2.25. The van der Waals surface area contributed by atoms with Crippen molar-refractivity contribution >= 4 is 17.3 Å². The highest BCUT2D eigenvalue weighted by Gasteiger charge is 2.07. The molecule has 0 unspecified atom stereocenters. The van der Waals surface area contributed by atoms with Crippen molar-refractivity contribution < 1.29 is 14.5 Å². The van der Waals surface area contributed by atoms with E-state index in [4.69, 9.17) is 4.74 Å². The van der Waals surface area contributed by atoms with Gasteiger partial charge in [-0.15, -0.1) is 0 Å². The molecular formula is C18H19N3O4. The highest BCUT2D eigenvalue weighted by atomic mass is 16.6. The smallest absolute Gasteiger partial charge is 0.277 e. The second kappa shape index (κ2) is 8.05. The number of ether oxygens (including phenoxy) is 1. The standard InChI is InChI=1S/C18H19N3O4/c1-12-4-9-17(10-13(12)2)25-11-18(22)20-19-14(3)15-5-7-16(8-6-15)21(23)24/h4-10H,11H2,1-3H3,(H,20,22)/b19-14+. The molecule has 0 heterocycles. The Balaban J connectivity index is 1.90. The Bertz CT molecular complexity index is 814. The fourth-order valence-electron chi connectivity index (χ4n) is 2.02. The number of hydrogen-bond donors (Lipinski definition) is 1. The van der Waals surface area contributed by atoms with E-state index >= 15 is 0 Å². The van der Waals surface area contributed by atoms with Gasteiger partial charge in [0.2, 0.25) is 0 Å². The van der Waals surface area contributed by atoms with Gasteiger partial charge in [-0.1, -0.05) is 6.07 Å². The summed E-state index contributed by atoms with van der Waals surface area (Å²) in [5.74, 6) is 0.230. The van der Waals surface area contributed by atoms with Gasteiger partial charge in [-0.3, -0.25) is 14.9 Å². The quantitative estimate of drug-likeness (QED) is 0.496. The molecule has 0 saturated heterocycles. The number of nitro groups is 1. The minimum absolute atomic E-state index is 0.00220. The fraction of sp³-hybridized carbons (Fsp3) is 0.222. The number of carbonyl (C=O) groups excluding carboxylic acids is 1. The highest BCUT2D eigenvalue weighted by Crippen LogP contribution is 2.16. The Morgan fingerprint density at radius 3 is 2.44 bits per heavy atom. The Labute approximate surface area is 145 Å². The van der Waals surface area contributed by atoms with Gasteiger partial charge in [-0.05, 0) is 61.7 Å². The molecule has 0 aromatic heterocycles. The van der Waals surface area contributed by atoms with Crippen molar-refractivity contribution in [2.45, 2.75) is 20.8 Å². The predicted octanol–water partition coefficient (Wildman–Crippen LogP) is 3.13. The van der Waals surface area contributed by atoms with Gasteiger partial charge in [-0.25, -0.2) is 5.43 Å². The molecule has 0 spiro atoms. The summed E-state index contributed by atoms with van der Waals surface area (Å²) in [7, 11) is 0. The highest BCUT2D eigenvalue weighted by molar-refractivity contribution is 5.99. The zero-order chi connectivity index (χ0) is 18.4.